The molecule has 0 radical (unpaired) electrons. The number of benzene rings is 3. The number of nitrogens with one attached hydrogen (secondary N) is 2. The van der Waals surface area contributed by atoms with Crippen LogP contribution in [-0.4, -0.2) is 29.4 Å². The van der Waals surface area contributed by atoms with Crippen LogP contribution in [0.1, 0.15) is 18.1 Å². The molecular weight excluding hydrogens is 376 g/mol. The van der Waals surface area contributed by atoms with E-state index in [1.54, 1.807) is 13.0 Å². The van der Waals surface area contributed by atoms with E-state index in [4.69, 9.17) is 0 Å². The summed E-state index contributed by atoms with van der Waals surface area (Å²) in [6.07, 6.45) is 2.17. The highest BCUT2D eigenvalue weighted by Crippen LogP contribution is 2.18. The normalized spacial score (nSPS) is 11.4. The van der Waals surface area contributed by atoms with E-state index in [2.05, 4.69) is 10.6 Å². The fraction of sp³-hybridized carbons (Fsp3) is 0.208. The molecular formula is C24H24N4O2. The predicted octanol–water partition coefficient (Wildman–Crippen LogP) is 4.21. The molecule has 6 nitrogen and oxygen atoms in total. The summed E-state index contributed by atoms with van der Waals surface area (Å²) in [6, 6.07) is 19.9. The Balaban J connectivity index is 1.82. The van der Waals surface area contributed by atoms with Crippen molar-refractivity contribution >= 4 is 28.4 Å². The zero-order valence-corrected chi connectivity index (χ0v) is 17.1. The third-order valence-electron chi connectivity index (χ3n) is 4.95. The molecule has 152 valence electrons. The molecule has 0 aliphatic rings. The van der Waals surface area contributed by atoms with Gasteiger partial charge >= 0.3 is 6.03 Å². The fourth-order valence-corrected chi connectivity index (χ4v) is 3.30. The molecule has 3 aromatic carbocycles. The number of nitrogens with zero attached hydrogens (tertiary/aromatic N) is 2. The lowest BCUT2D eigenvalue weighted by Crippen LogP contribution is -2.49. The number of para-hydroxylation sites is 1. The zero-order valence-electron chi connectivity index (χ0n) is 17.1. The van der Waals surface area contributed by atoms with Crippen LogP contribution in [-0.2, 0) is 11.2 Å². The molecule has 6 heteroatoms. The van der Waals surface area contributed by atoms with Gasteiger partial charge in [-0.05, 0) is 41.8 Å². The van der Waals surface area contributed by atoms with E-state index in [9.17, 15) is 14.9 Å². The molecule has 3 aromatic rings. The summed E-state index contributed by atoms with van der Waals surface area (Å²) < 4.78 is 0. The molecule has 0 aromatic heterocycles. The lowest BCUT2D eigenvalue weighted by molar-refractivity contribution is -0.129. The molecule has 1 atom stereocenters. The van der Waals surface area contributed by atoms with Crippen LogP contribution in [0, 0.1) is 18.4 Å². The largest absolute Gasteiger partial charge is 0.326 e. The molecule has 0 heterocycles. The van der Waals surface area contributed by atoms with Crippen molar-refractivity contribution in [1.29, 1.82) is 5.26 Å². The summed E-state index contributed by atoms with van der Waals surface area (Å²) in [5, 5.41) is 17.0. The van der Waals surface area contributed by atoms with Crippen molar-refractivity contribution in [3.8, 4) is 6.19 Å². The van der Waals surface area contributed by atoms with Crippen molar-refractivity contribution in [1.82, 2.24) is 10.2 Å². The first-order valence-corrected chi connectivity index (χ1v) is 9.83. The van der Waals surface area contributed by atoms with Crippen LogP contribution in [0.2, 0.25) is 0 Å². The maximum absolute atomic E-state index is 12.9. The number of carbonyl (C=O) groups is 2. The second-order valence-corrected chi connectivity index (χ2v) is 7.03. The molecule has 2 N–H and O–H groups in total. The van der Waals surface area contributed by atoms with E-state index in [0.29, 0.717) is 5.69 Å². The maximum atomic E-state index is 12.9. The Morgan fingerprint density at radius 2 is 1.73 bits per heavy atom. The Labute approximate surface area is 176 Å². The molecule has 3 amide bonds. The van der Waals surface area contributed by atoms with Crippen LogP contribution in [0.25, 0.3) is 10.8 Å². The number of aryl methyl sites for hydroxylation is 1. The van der Waals surface area contributed by atoms with Crippen LogP contribution in [0.4, 0.5) is 10.5 Å². The van der Waals surface area contributed by atoms with Crippen LogP contribution < -0.4 is 10.6 Å². The van der Waals surface area contributed by atoms with E-state index in [1.807, 2.05) is 73.8 Å². The molecule has 1 unspecified atom stereocenters. The third-order valence-corrected chi connectivity index (χ3v) is 4.95. The van der Waals surface area contributed by atoms with E-state index in [-0.39, 0.29) is 13.0 Å². The average Bonchev–Trinajstić information content (AvgIpc) is 2.75. The van der Waals surface area contributed by atoms with Gasteiger partial charge in [0.05, 0.1) is 0 Å². The van der Waals surface area contributed by atoms with Gasteiger partial charge in [0.2, 0.25) is 0 Å². The summed E-state index contributed by atoms with van der Waals surface area (Å²) in [4.78, 5) is 26.6. The number of hydrogen-bond donors (Lipinski definition) is 2. The van der Waals surface area contributed by atoms with Crippen molar-refractivity contribution < 1.29 is 9.59 Å². The number of amides is 3. The van der Waals surface area contributed by atoms with Crippen molar-refractivity contribution in [2.45, 2.75) is 26.3 Å². The molecule has 0 aliphatic carbocycles. The Morgan fingerprint density at radius 3 is 2.43 bits per heavy atom. The molecule has 3 rings (SSSR count). The van der Waals surface area contributed by atoms with Crippen molar-refractivity contribution in [2.75, 3.05) is 11.9 Å². The molecule has 0 saturated heterocycles. The summed E-state index contributed by atoms with van der Waals surface area (Å²) >= 11 is 0. The highest BCUT2D eigenvalue weighted by molar-refractivity contribution is 5.94. The lowest BCUT2D eigenvalue weighted by Gasteiger charge is -2.22. The van der Waals surface area contributed by atoms with Gasteiger partial charge in [-0.15, -0.1) is 0 Å². The number of rotatable bonds is 6. The maximum Gasteiger partial charge on any atom is 0.319 e. The van der Waals surface area contributed by atoms with Gasteiger partial charge in [0.15, 0.2) is 6.19 Å². The quantitative estimate of drug-likeness (QED) is 0.480. The van der Waals surface area contributed by atoms with Crippen molar-refractivity contribution in [2.24, 2.45) is 0 Å². The van der Waals surface area contributed by atoms with Gasteiger partial charge in [0, 0.05) is 18.7 Å². The summed E-state index contributed by atoms with van der Waals surface area (Å²) in [7, 11) is 0. The molecule has 0 fully saturated rings. The average molecular weight is 400 g/mol. The van der Waals surface area contributed by atoms with Crippen LogP contribution in [0.3, 0.4) is 0 Å². The van der Waals surface area contributed by atoms with Gasteiger partial charge < -0.3 is 10.6 Å². The minimum absolute atomic E-state index is 0.241. The lowest BCUT2D eigenvalue weighted by atomic mass is 10.0. The molecule has 30 heavy (non-hydrogen) atoms. The van der Waals surface area contributed by atoms with E-state index < -0.39 is 18.0 Å². The van der Waals surface area contributed by atoms with E-state index in [0.717, 1.165) is 26.8 Å². The topological polar surface area (TPSA) is 85.2 Å². The van der Waals surface area contributed by atoms with Gasteiger partial charge in [-0.25, -0.2) is 9.69 Å². The Morgan fingerprint density at radius 1 is 1.03 bits per heavy atom. The van der Waals surface area contributed by atoms with E-state index >= 15 is 0 Å². The zero-order chi connectivity index (χ0) is 21.5. The highest BCUT2D eigenvalue weighted by atomic mass is 16.2. The SMILES string of the molecule is CCN(C#N)C(=O)C(Cc1ccc2ccccc2c1)NC(=O)Nc1ccccc1C. The summed E-state index contributed by atoms with van der Waals surface area (Å²) in [5.74, 6) is -0.437. The minimum atomic E-state index is -0.866. The van der Waals surface area contributed by atoms with Gasteiger partial charge in [-0.2, -0.15) is 5.26 Å². The minimum Gasteiger partial charge on any atom is -0.326 e. The van der Waals surface area contributed by atoms with E-state index in [1.165, 1.54) is 0 Å². The van der Waals surface area contributed by atoms with Crippen LogP contribution in [0.15, 0.2) is 66.7 Å². The summed E-state index contributed by atoms with van der Waals surface area (Å²) in [5.41, 5.74) is 2.48. The monoisotopic (exact) mass is 400 g/mol. The number of carbonyl (C=O) groups excluding carboxylic acids is 2. The third kappa shape index (κ3) is 4.95. The Hall–Kier alpha value is -3.85. The first kappa shape index (κ1) is 20.9. The number of hydrogen-bond acceptors (Lipinski definition) is 3. The summed E-state index contributed by atoms with van der Waals surface area (Å²) in [6.45, 7) is 3.86. The standard InChI is InChI=1S/C24H24N4O2/c1-3-28(16-25)23(29)22(27-24(30)26-21-11-7-4-8-17(21)2)15-18-12-13-19-9-5-6-10-20(19)14-18/h4-14,22H,3,15H2,1-2H3,(H2,26,27,30). The van der Waals surface area contributed by atoms with Gasteiger partial charge in [-0.3, -0.25) is 4.79 Å². The van der Waals surface area contributed by atoms with Crippen LogP contribution in [0.5, 0.6) is 0 Å². The van der Waals surface area contributed by atoms with Gasteiger partial charge in [0.25, 0.3) is 5.91 Å². The molecule has 0 aliphatic heterocycles. The van der Waals surface area contributed by atoms with Gasteiger partial charge in [-0.1, -0.05) is 60.7 Å². The second-order valence-electron chi connectivity index (χ2n) is 7.03. The van der Waals surface area contributed by atoms with Crippen LogP contribution >= 0.6 is 0 Å². The fourth-order valence-electron chi connectivity index (χ4n) is 3.30. The Bertz CT molecular complexity index is 1100. The first-order chi connectivity index (χ1) is 14.5. The number of fused-ring (bicyclic) bond motifs is 1. The smallest absolute Gasteiger partial charge is 0.319 e. The number of anilines is 1. The Kier molecular flexibility index (Phi) is 6.66. The number of urea groups is 1. The number of likely N-dealkylation sites (N-methyl/N-ethyl adjacent to an activating group) is 1. The highest BCUT2D eigenvalue weighted by Gasteiger charge is 2.26. The molecule has 0 spiro atoms. The molecule has 0 saturated carbocycles. The second kappa shape index (κ2) is 9.57. The van der Waals surface area contributed by atoms with Crippen molar-refractivity contribution in [3.63, 3.8) is 0 Å². The number of nitriles is 1. The van der Waals surface area contributed by atoms with Crippen molar-refractivity contribution in [3.05, 3.63) is 77.9 Å². The first-order valence-electron chi connectivity index (χ1n) is 9.83. The predicted molar refractivity (Wildman–Crippen MR) is 118 cm³/mol. The van der Waals surface area contributed by atoms with Gasteiger partial charge in [0.1, 0.15) is 6.04 Å². The molecule has 0 bridgehead atoms.